The molecule has 2 aromatic rings. The van der Waals surface area contributed by atoms with Crippen LogP contribution in [0.4, 0.5) is 0 Å². The van der Waals surface area contributed by atoms with Gasteiger partial charge in [-0.15, -0.1) is 0 Å². The predicted molar refractivity (Wildman–Crippen MR) is 92.6 cm³/mol. The lowest BCUT2D eigenvalue weighted by molar-refractivity contribution is 0.0727. The van der Waals surface area contributed by atoms with Crippen molar-refractivity contribution in [1.29, 1.82) is 0 Å². The smallest absolute Gasteiger partial charge is 0.289 e. The summed E-state index contributed by atoms with van der Waals surface area (Å²) in [7, 11) is 1.62. The van der Waals surface area contributed by atoms with Gasteiger partial charge in [-0.25, -0.2) is 0 Å². The second-order valence-corrected chi connectivity index (χ2v) is 6.40. The van der Waals surface area contributed by atoms with Crippen molar-refractivity contribution in [2.45, 2.75) is 26.7 Å². The predicted octanol–water partition coefficient (Wildman–Crippen LogP) is 3.64. The van der Waals surface area contributed by atoms with Crippen LogP contribution in [0.2, 0.25) is 0 Å². The third-order valence-electron chi connectivity index (χ3n) is 4.61. The Bertz CT molecular complexity index is 721. The largest absolute Gasteiger partial charge is 0.497 e. The van der Waals surface area contributed by atoms with Gasteiger partial charge >= 0.3 is 0 Å². The average molecular weight is 331 g/mol. The summed E-state index contributed by atoms with van der Waals surface area (Å²) in [5, 5.41) is 0.959. The first-order chi connectivity index (χ1) is 11.6. The molecule has 130 valence electrons. The monoisotopic (exact) mass is 331 g/mol. The first-order valence-corrected chi connectivity index (χ1v) is 8.58. The molecule has 2 heterocycles. The molecule has 0 bridgehead atoms. The Balaban J connectivity index is 1.73. The van der Waals surface area contributed by atoms with Gasteiger partial charge < -0.3 is 18.8 Å². The maximum atomic E-state index is 12.8. The molecule has 0 aliphatic carbocycles. The van der Waals surface area contributed by atoms with Crippen LogP contribution < -0.4 is 4.74 Å². The molecule has 1 aliphatic rings. The number of carbonyl (C=O) groups is 1. The topological polar surface area (TPSA) is 51.9 Å². The number of hydrogen-bond donors (Lipinski definition) is 0. The van der Waals surface area contributed by atoms with E-state index in [2.05, 4.69) is 6.92 Å². The van der Waals surface area contributed by atoms with E-state index in [0.717, 1.165) is 55.8 Å². The van der Waals surface area contributed by atoms with Crippen molar-refractivity contribution in [1.82, 2.24) is 4.90 Å². The van der Waals surface area contributed by atoms with Gasteiger partial charge in [-0.3, -0.25) is 4.79 Å². The van der Waals surface area contributed by atoms with Crippen LogP contribution in [-0.2, 0) is 4.74 Å². The van der Waals surface area contributed by atoms with Crippen molar-refractivity contribution in [3.05, 3.63) is 29.5 Å². The fourth-order valence-electron chi connectivity index (χ4n) is 3.23. The minimum atomic E-state index is -0.0272. The van der Waals surface area contributed by atoms with E-state index in [1.165, 1.54) is 0 Å². The Morgan fingerprint density at radius 1 is 1.42 bits per heavy atom. The number of ether oxygens (including phenoxy) is 2. The lowest BCUT2D eigenvalue weighted by Crippen LogP contribution is -2.29. The highest BCUT2D eigenvalue weighted by molar-refractivity contribution is 5.99. The molecule has 3 rings (SSSR count). The van der Waals surface area contributed by atoms with Crippen molar-refractivity contribution < 1.29 is 18.7 Å². The Labute approximate surface area is 142 Å². The normalized spacial score (nSPS) is 17.6. The number of carbonyl (C=O) groups excluding carboxylic acids is 1. The number of hydrogen-bond acceptors (Lipinski definition) is 4. The second kappa shape index (κ2) is 7.26. The first kappa shape index (κ1) is 16.8. The third kappa shape index (κ3) is 3.26. The van der Waals surface area contributed by atoms with E-state index in [4.69, 9.17) is 13.9 Å². The molecule has 0 radical (unpaired) electrons. The summed E-state index contributed by atoms with van der Waals surface area (Å²) < 4.78 is 16.7. The van der Waals surface area contributed by atoms with Gasteiger partial charge in [-0.2, -0.15) is 0 Å². The Morgan fingerprint density at radius 2 is 2.25 bits per heavy atom. The molecule has 5 nitrogen and oxygen atoms in total. The summed E-state index contributed by atoms with van der Waals surface area (Å²) in [6.07, 6.45) is 2.01. The van der Waals surface area contributed by atoms with Gasteiger partial charge in [0.1, 0.15) is 11.3 Å². The summed E-state index contributed by atoms with van der Waals surface area (Å²) in [6, 6.07) is 5.65. The molecule has 1 saturated heterocycles. The molecule has 0 N–H and O–H groups in total. The van der Waals surface area contributed by atoms with Crippen molar-refractivity contribution in [3.63, 3.8) is 0 Å². The van der Waals surface area contributed by atoms with E-state index < -0.39 is 0 Å². The summed E-state index contributed by atoms with van der Waals surface area (Å²) in [6.45, 7) is 7.05. The van der Waals surface area contributed by atoms with Crippen LogP contribution in [0.1, 0.15) is 35.9 Å². The van der Waals surface area contributed by atoms with E-state index in [1.54, 1.807) is 7.11 Å². The van der Waals surface area contributed by atoms with Gasteiger partial charge in [0.25, 0.3) is 5.91 Å². The van der Waals surface area contributed by atoms with Gasteiger partial charge in [-0.05, 0) is 31.9 Å². The number of likely N-dealkylation sites (tertiary alicyclic amines) is 1. The summed E-state index contributed by atoms with van der Waals surface area (Å²) in [4.78, 5) is 14.7. The molecule has 5 heteroatoms. The number of amides is 1. The maximum absolute atomic E-state index is 12.8. The quantitative estimate of drug-likeness (QED) is 0.758. The molecular formula is C19H25NO4. The van der Waals surface area contributed by atoms with Gasteiger partial charge in [0.05, 0.1) is 13.7 Å². The zero-order chi connectivity index (χ0) is 17.1. The lowest BCUT2D eigenvalue weighted by atomic mass is 10.1. The SMILES string of the molecule is CCCOCC1CCN(C(=O)c2oc3cc(OC)ccc3c2C)C1. The summed E-state index contributed by atoms with van der Waals surface area (Å²) in [5.41, 5.74) is 1.58. The van der Waals surface area contributed by atoms with E-state index in [1.807, 2.05) is 30.0 Å². The van der Waals surface area contributed by atoms with Crippen LogP contribution in [0, 0.1) is 12.8 Å². The highest BCUT2D eigenvalue weighted by Crippen LogP contribution is 2.30. The lowest BCUT2D eigenvalue weighted by Gasteiger charge is -2.15. The van der Waals surface area contributed by atoms with Gasteiger partial charge in [0.2, 0.25) is 0 Å². The minimum absolute atomic E-state index is 0.0272. The summed E-state index contributed by atoms with van der Waals surface area (Å²) >= 11 is 0. The minimum Gasteiger partial charge on any atom is -0.497 e. The number of benzene rings is 1. The highest BCUT2D eigenvalue weighted by Gasteiger charge is 2.30. The second-order valence-electron chi connectivity index (χ2n) is 6.40. The molecule has 1 amide bonds. The number of furan rings is 1. The fraction of sp³-hybridized carbons (Fsp3) is 0.526. The number of nitrogens with zero attached hydrogens (tertiary/aromatic N) is 1. The van der Waals surface area contributed by atoms with E-state index in [0.29, 0.717) is 17.3 Å². The molecule has 24 heavy (non-hydrogen) atoms. The average Bonchev–Trinajstić information content (AvgIpc) is 3.19. The third-order valence-corrected chi connectivity index (χ3v) is 4.61. The maximum Gasteiger partial charge on any atom is 0.289 e. The molecule has 0 saturated carbocycles. The van der Waals surface area contributed by atoms with Crippen molar-refractivity contribution in [3.8, 4) is 5.75 Å². The van der Waals surface area contributed by atoms with Gasteiger partial charge in [0.15, 0.2) is 5.76 Å². The molecule has 1 atom stereocenters. The Hall–Kier alpha value is -2.01. The van der Waals surface area contributed by atoms with Crippen LogP contribution in [0.25, 0.3) is 11.0 Å². The molecule has 1 unspecified atom stereocenters. The standard InChI is InChI=1S/C19H25NO4/c1-4-9-23-12-14-7-8-20(11-14)19(21)18-13(2)16-6-5-15(22-3)10-17(16)24-18/h5-6,10,14H,4,7-9,11-12H2,1-3H3. The molecule has 0 spiro atoms. The van der Waals surface area contributed by atoms with E-state index >= 15 is 0 Å². The van der Waals surface area contributed by atoms with Crippen molar-refractivity contribution >= 4 is 16.9 Å². The fourth-order valence-corrected chi connectivity index (χ4v) is 3.23. The van der Waals surface area contributed by atoms with Crippen LogP contribution >= 0.6 is 0 Å². The molecule has 1 fully saturated rings. The molecule has 1 aromatic heterocycles. The number of aryl methyl sites for hydroxylation is 1. The Kier molecular flexibility index (Phi) is 5.09. The van der Waals surface area contributed by atoms with Crippen LogP contribution in [0.3, 0.4) is 0 Å². The zero-order valence-corrected chi connectivity index (χ0v) is 14.6. The highest BCUT2D eigenvalue weighted by atomic mass is 16.5. The van der Waals surface area contributed by atoms with Gasteiger partial charge in [-0.1, -0.05) is 6.92 Å². The number of methoxy groups -OCH3 is 1. The van der Waals surface area contributed by atoms with E-state index in [-0.39, 0.29) is 5.91 Å². The first-order valence-electron chi connectivity index (χ1n) is 8.58. The number of fused-ring (bicyclic) bond motifs is 1. The van der Waals surface area contributed by atoms with Crippen molar-refractivity contribution in [2.75, 3.05) is 33.4 Å². The molecular weight excluding hydrogens is 306 g/mol. The molecule has 1 aromatic carbocycles. The summed E-state index contributed by atoms with van der Waals surface area (Å²) in [5.74, 6) is 1.56. The van der Waals surface area contributed by atoms with Crippen LogP contribution in [0.15, 0.2) is 22.6 Å². The Morgan fingerprint density at radius 3 is 3.00 bits per heavy atom. The molecule has 1 aliphatic heterocycles. The van der Waals surface area contributed by atoms with E-state index in [9.17, 15) is 4.79 Å². The van der Waals surface area contributed by atoms with Gasteiger partial charge in [0, 0.05) is 42.6 Å². The van der Waals surface area contributed by atoms with Crippen LogP contribution in [-0.4, -0.2) is 44.2 Å². The van der Waals surface area contributed by atoms with Crippen molar-refractivity contribution in [2.24, 2.45) is 5.92 Å². The number of rotatable bonds is 6. The zero-order valence-electron chi connectivity index (χ0n) is 14.6. The van der Waals surface area contributed by atoms with Crippen LogP contribution in [0.5, 0.6) is 5.75 Å².